The molecule has 0 saturated heterocycles. The average molecular weight is 350 g/mol. The van der Waals surface area contributed by atoms with Crippen molar-refractivity contribution in [2.75, 3.05) is 11.9 Å². The standard InChI is InChI=1S/C19H15FN4O2/c1-11-12(9-21)8-15(20)16(22-11)23-19(6-7-19)10-24-17(25)13-4-2-3-5-14(13)18(24)26/h2-5,8H,6-7,10H2,1H3,(H,22,23). The zero-order valence-corrected chi connectivity index (χ0v) is 14.0. The Balaban J connectivity index is 1.57. The third-order valence-corrected chi connectivity index (χ3v) is 4.86. The second-order valence-corrected chi connectivity index (χ2v) is 6.71. The van der Waals surface area contributed by atoms with E-state index in [9.17, 15) is 14.0 Å². The van der Waals surface area contributed by atoms with Gasteiger partial charge in [-0.25, -0.2) is 9.37 Å². The van der Waals surface area contributed by atoms with Gasteiger partial charge >= 0.3 is 0 Å². The summed E-state index contributed by atoms with van der Waals surface area (Å²) in [7, 11) is 0. The van der Waals surface area contributed by atoms with E-state index in [0.29, 0.717) is 29.7 Å². The Labute approximate surface area is 149 Å². The Hall–Kier alpha value is -3.27. The van der Waals surface area contributed by atoms with E-state index in [1.165, 1.54) is 4.90 Å². The zero-order chi connectivity index (χ0) is 18.5. The number of carbonyl (C=O) groups excluding carboxylic acids is 2. The molecule has 0 spiro atoms. The van der Waals surface area contributed by atoms with Crippen molar-refractivity contribution in [1.29, 1.82) is 5.26 Å². The minimum atomic E-state index is -0.624. The van der Waals surface area contributed by atoms with Gasteiger partial charge in [0.15, 0.2) is 11.6 Å². The molecule has 1 saturated carbocycles. The summed E-state index contributed by atoms with van der Waals surface area (Å²) in [5, 5.41) is 12.0. The Kier molecular flexibility index (Phi) is 3.51. The molecule has 2 aromatic rings. The molecule has 1 aliphatic heterocycles. The number of anilines is 1. The maximum Gasteiger partial charge on any atom is 0.261 e. The lowest BCUT2D eigenvalue weighted by Crippen LogP contribution is -2.42. The predicted octanol–water partition coefficient (Wildman–Crippen LogP) is 2.64. The number of fused-ring (bicyclic) bond motifs is 1. The number of carbonyl (C=O) groups is 2. The molecular formula is C19H15FN4O2. The summed E-state index contributed by atoms with van der Waals surface area (Å²) in [5.41, 5.74) is 0.812. The van der Waals surface area contributed by atoms with Crippen LogP contribution >= 0.6 is 0 Å². The fourth-order valence-electron chi connectivity index (χ4n) is 3.19. The molecule has 130 valence electrons. The van der Waals surface area contributed by atoms with Gasteiger partial charge in [0.1, 0.15) is 6.07 Å². The van der Waals surface area contributed by atoms with Crippen molar-refractivity contribution < 1.29 is 14.0 Å². The highest BCUT2D eigenvalue weighted by molar-refractivity contribution is 6.21. The molecule has 4 rings (SSSR count). The first kappa shape index (κ1) is 16.2. The number of benzene rings is 1. The van der Waals surface area contributed by atoms with Crippen LogP contribution in [0.3, 0.4) is 0 Å². The van der Waals surface area contributed by atoms with Gasteiger partial charge in [-0.15, -0.1) is 0 Å². The van der Waals surface area contributed by atoms with E-state index in [1.54, 1.807) is 31.2 Å². The molecule has 1 aromatic carbocycles. The first-order chi connectivity index (χ1) is 12.4. The number of nitrogens with zero attached hydrogens (tertiary/aromatic N) is 3. The van der Waals surface area contributed by atoms with Crippen molar-refractivity contribution >= 4 is 17.6 Å². The van der Waals surface area contributed by atoms with E-state index in [0.717, 1.165) is 6.07 Å². The van der Waals surface area contributed by atoms with Crippen LogP contribution in [0.4, 0.5) is 10.2 Å². The van der Waals surface area contributed by atoms with Crippen molar-refractivity contribution in [3.63, 3.8) is 0 Å². The van der Waals surface area contributed by atoms with Crippen molar-refractivity contribution in [2.45, 2.75) is 25.3 Å². The summed E-state index contributed by atoms with van der Waals surface area (Å²) in [6.07, 6.45) is 1.39. The fourth-order valence-corrected chi connectivity index (χ4v) is 3.19. The second-order valence-electron chi connectivity index (χ2n) is 6.71. The molecule has 2 amide bonds. The quantitative estimate of drug-likeness (QED) is 0.857. The molecule has 26 heavy (non-hydrogen) atoms. The lowest BCUT2D eigenvalue weighted by Gasteiger charge is -2.24. The number of nitriles is 1. The topological polar surface area (TPSA) is 86.1 Å². The fraction of sp³-hybridized carbons (Fsp3) is 0.263. The third kappa shape index (κ3) is 2.51. The first-order valence-corrected chi connectivity index (χ1v) is 8.25. The number of aryl methyl sites for hydroxylation is 1. The highest BCUT2D eigenvalue weighted by atomic mass is 19.1. The van der Waals surface area contributed by atoms with Crippen LogP contribution in [0.15, 0.2) is 30.3 Å². The average Bonchev–Trinajstić information content (AvgIpc) is 3.36. The van der Waals surface area contributed by atoms with Crippen LogP contribution in [-0.2, 0) is 0 Å². The molecule has 1 aromatic heterocycles. The summed E-state index contributed by atoms with van der Waals surface area (Å²) in [6, 6.07) is 9.74. The number of amides is 2. The minimum Gasteiger partial charge on any atom is -0.360 e. The number of aromatic nitrogens is 1. The molecule has 1 aliphatic carbocycles. The number of hydrogen-bond donors (Lipinski definition) is 1. The van der Waals surface area contributed by atoms with E-state index in [1.807, 2.05) is 6.07 Å². The van der Waals surface area contributed by atoms with E-state index in [4.69, 9.17) is 5.26 Å². The number of pyridine rings is 1. The molecular weight excluding hydrogens is 335 g/mol. The third-order valence-electron chi connectivity index (χ3n) is 4.86. The highest BCUT2D eigenvalue weighted by Crippen LogP contribution is 2.41. The Bertz CT molecular complexity index is 957. The first-order valence-electron chi connectivity index (χ1n) is 8.25. The summed E-state index contributed by atoms with van der Waals surface area (Å²) in [5.74, 6) is -1.25. The normalized spacial score (nSPS) is 17.0. The molecule has 1 fully saturated rings. The van der Waals surface area contributed by atoms with E-state index in [2.05, 4.69) is 10.3 Å². The van der Waals surface area contributed by atoms with Crippen molar-refractivity contribution in [2.24, 2.45) is 0 Å². The molecule has 0 bridgehead atoms. The lowest BCUT2D eigenvalue weighted by atomic mass is 10.1. The summed E-state index contributed by atoms with van der Waals surface area (Å²) in [4.78, 5) is 30.4. The molecule has 6 nitrogen and oxygen atoms in total. The van der Waals surface area contributed by atoms with Crippen molar-refractivity contribution in [1.82, 2.24) is 9.88 Å². The number of nitrogens with one attached hydrogen (secondary N) is 1. The van der Waals surface area contributed by atoms with Gasteiger partial charge in [-0.1, -0.05) is 12.1 Å². The number of imide groups is 1. The molecule has 2 aliphatic rings. The number of halogens is 1. The Morgan fingerprint density at radius 1 is 1.27 bits per heavy atom. The summed E-state index contributed by atoms with van der Waals surface area (Å²) in [6.45, 7) is 1.78. The number of hydrogen-bond acceptors (Lipinski definition) is 5. The zero-order valence-electron chi connectivity index (χ0n) is 14.0. The Morgan fingerprint density at radius 3 is 2.42 bits per heavy atom. The van der Waals surface area contributed by atoms with Crippen LogP contribution in [0.25, 0.3) is 0 Å². The van der Waals surface area contributed by atoms with Crippen LogP contribution in [0.1, 0.15) is 44.8 Å². The molecule has 0 atom stereocenters. The lowest BCUT2D eigenvalue weighted by molar-refractivity contribution is 0.0643. The van der Waals surface area contributed by atoms with Crippen LogP contribution in [0, 0.1) is 24.1 Å². The van der Waals surface area contributed by atoms with E-state index >= 15 is 0 Å². The van der Waals surface area contributed by atoms with Gasteiger partial charge in [0.25, 0.3) is 11.8 Å². The molecule has 1 N–H and O–H groups in total. The molecule has 0 radical (unpaired) electrons. The second kappa shape index (κ2) is 5.63. The molecule has 0 unspecified atom stereocenters. The van der Waals surface area contributed by atoms with Crippen LogP contribution in [0.2, 0.25) is 0 Å². The van der Waals surface area contributed by atoms with Crippen LogP contribution in [-0.4, -0.2) is 33.8 Å². The van der Waals surface area contributed by atoms with E-state index < -0.39 is 11.4 Å². The summed E-state index contributed by atoms with van der Waals surface area (Å²) < 4.78 is 14.2. The maximum absolute atomic E-state index is 14.2. The molecule has 7 heteroatoms. The highest BCUT2D eigenvalue weighted by Gasteiger charge is 2.49. The monoisotopic (exact) mass is 350 g/mol. The van der Waals surface area contributed by atoms with Gasteiger partial charge in [-0.2, -0.15) is 5.26 Å². The largest absolute Gasteiger partial charge is 0.360 e. The van der Waals surface area contributed by atoms with Crippen LogP contribution in [0.5, 0.6) is 0 Å². The maximum atomic E-state index is 14.2. The van der Waals surface area contributed by atoms with Gasteiger partial charge in [-0.3, -0.25) is 14.5 Å². The van der Waals surface area contributed by atoms with Gasteiger partial charge in [0, 0.05) is 0 Å². The number of rotatable bonds is 4. The predicted molar refractivity (Wildman–Crippen MR) is 91.0 cm³/mol. The van der Waals surface area contributed by atoms with Crippen molar-refractivity contribution in [3.05, 3.63) is 58.5 Å². The van der Waals surface area contributed by atoms with E-state index in [-0.39, 0.29) is 29.7 Å². The van der Waals surface area contributed by atoms with Gasteiger partial charge in [0.05, 0.1) is 34.5 Å². The minimum absolute atomic E-state index is 0.0376. The summed E-state index contributed by atoms with van der Waals surface area (Å²) >= 11 is 0. The smallest absolute Gasteiger partial charge is 0.261 e. The van der Waals surface area contributed by atoms with Crippen LogP contribution < -0.4 is 5.32 Å². The van der Waals surface area contributed by atoms with Gasteiger partial charge in [0.2, 0.25) is 0 Å². The van der Waals surface area contributed by atoms with Crippen molar-refractivity contribution in [3.8, 4) is 6.07 Å². The van der Waals surface area contributed by atoms with Gasteiger partial charge in [-0.05, 0) is 38.0 Å². The molecule has 2 heterocycles. The SMILES string of the molecule is Cc1nc(NC2(CN3C(=O)c4ccccc4C3=O)CC2)c(F)cc1C#N. The van der Waals surface area contributed by atoms with Gasteiger partial charge < -0.3 is 5.32 Å². The Morgan fingerprint density at radius 2 is 1.88 bits per heavy atom.